The Balaban J connectivity index is 4.22. The number of nitrogens with two attached hydrogens (primary N) is 1. The highest BCUT2D eigenvalue weighted by atomic mass is 16.3. The summed E-state index contributed by atoms with van der Waals surface area (Å²) in [7, 11) is 0. The van der Waals surface area contributed by atoms with E-state index in [1.165, 1.54) is 0 Å². The second-order valence-electron chi connectivity index (χ2n) is 4.04. The second-order valence-corrected chi connectivity index (χ2v) is 4.04. The molecule has 2 nitrogen and oxygen atoms in total. The first kappa shape index (κ1) is 15.0. The molecule has 0 rings (SSSR count). The van der Waals surface area contributed by atoms with Gasteiger partial charge in [0, 0.05) is 0 Å². The fourth-order valence-electron chi connectivity index (χ4n) is 1.17. The SMILES string of the molecule is CCCCC(O)C#CC#CC(N)(CC)CC. The van der Waals surface area contributed by atoms with E-state index in [1.807, 2.05) is 13.8 Å². The van der Waals surface area contributed by atoms with Crippen molar-refractivity contribution in [1.82, 2.24) is 0 Å². The zero-order chi connectivity index (χ0) is 12.4. The van der Waals surface area contributed by atoms with Crippen LogP contribution in [0.5, 0.6) is 0 Å². The lowest BCUT2D eigenvalue weighted by atomic mass is 9.95. The molecule has 0 saturated heterocycles. The molecular weight excluding hydrogens is 198 g/mol. The normalized spacial score (nSPS) is 12.1. The molecule has 0 aliphatic rings. The van der Waals surface area contributed by atoms with E-state index >= 15 is 0 Å². The number of aliphatic hydroxyl groups is 1. The van der Waals surface area contributed by atoms with Crippen LogP contribution in [0.15, 0.2) is 0 Å². The first-order chi connectivity index (χ1) is 7.58. The maximum Gasteiger partial charge on any atom is 0.115 e. The number of hydrogen-bond acceptors (Lipinski definition) is 2. The quantitative estimate of drug-likeness (QED) is 0.698. The Hall–Kier alpha value is -0.960. The van der Waals surface area contributed by atoms with Crippen molar-refractivity contribution in [1.29, 1.82) is 0 Å². The Morgan fingerprint density at radius 2 is 1.81 bits per heavy atom. The average molecular weight is 221 g/mol. The van der Waals surface area contributed by atoms with Gasteiger partial charge in [-0.2, -0.15) is 0 Å². The molecule has 0 fully saturated rings. The lowest BCUT2D eigenvalue weighted by molar-refractivity contribution is 0.218. The predicted octanol–water partition coefficient (Wildman–Crippen LogP) is 2.06. The first-order valence-corrected chi connectivity index (χ1v) is 6.07. The smallest absolute Gasteiger partial charge is 0.115 e. The fraction of sp³-hybridized carbons (Fsp3) is 0.714. The van der Waals surface area contributed by atoms with Gasteiger partial charge in [-0.15, -0.1) is 0 Å². The molecule has 0 aromatic heterocycles. The molecule has 90 valence electrons. The van der Waals surface area contributed by atoms with Crippen LogP contribution in [0.3, 0.4) is 0 Å². The van der Waals surface area contributed by atoms with E-state index < -0.39 is 11.6 Å². The fourth-order valence-corrected chi connectivity index (χ4v) is 1.17. The summed E-state index contributed by atoms with van der Waals surface area (Å²) >= 11 is 0. The number of rotatable bonds is 5. The van der Waals surface area contributed by atoms with Gasteiger partial charge in [0.2, 0.25) is 0 Å². The standard InChI is InChI=1S/C14H23NO/c1-4-7-10-13(16)11-8-9-12-14(15,5-2)6-3/h13,16H,4-7,10,15H2,1-3H3. The van der Waals surface area contributed by atoms with E-state index in [2.05, 4.69) is 30.6 Å². The minimum Gasteiger partial charge on any atom is -0.380 e. The van der Waals surface area contributed by atoms with E-state index in [1.54, 1.807) is 0 Å². The Bertz CT molecular complexity index is 296. The summed E-state index contributed by atoms with van der Waals surface area (Å²) in [6.07, 6.45) is 3.87. The molecule has 0 aliphatic heterocycles. The molecule has 16 heavy (non-hydrogen) atoms. The third-order valence-electron chi connectivity index (χ3n) is 2.71. The van der Waals surface area contributed by atoms with E-state index in [0.717, 1.165) is 32.1 Å². The van der Waals surface area contributed by atoms with Gasteiger partial charge in [-0.3, -0.25) is 0 Å². The van der Waals surface area contributed by atoms with Crippen molar-refractivity contribution in [3.63, 3.8) is 0 Å². The van der Waals surface area contributed by atoms with Gasteiger partial charge in [-0.1, -0.05) is 45.5 Å². The molecule has 0 aliphatic carbocycles. The molecule has 0 amide bonds. The molecule has 0 aromatic rings. The third kappa shape index (κ3) is 6.51. The van der Waals surface area contributed by atoms with E-state index in [-0.39, 0.29) is 0 Å². The third-order valence-corrected chi connectivity index (χ3v) is 2.71. The summed E-state index contributed by atoms with van der Waals surface area (Å²) in [5, 5.41) is 9.45. The van der Waals surface area contributed by atoms with Crippen molar-refractivity contribution in [3.05, 3.63) is 0 Å². The minimum absolute atomic E-state index is 0.428. The minimum atomic E-state index is -0.551. The van der Waals surface area contributed by atoms with Crippen molar-refractivity contribution in [3.8, 4) is 23.7 Å². The summed E-state index contributed by atoms with van der Waals surface area (Å²) in [6, 6.07) is 0. The van der Waals surface area contributed by atoms with Gasteiger partial charge in [0.15, 0.2) is 0 Å². The van der Waals surface area contributed by atoms with Crippen LogP contribution >= 0.6 is 0 Å². The summed E-state index contributed by atoms with van der Waals surface area (Å²) in [6.45, 7) is 6.12. The van der Waals surface area contributed by atoms with Crippen LogP contribution < -0.4 is 5.73 Å². The van der Waals surface area contributed by atoms with E-state index in [4.69, 9.17) is 5.73 Å². The zero-order valence-electron chi connectivity index (χ0n) is 10.6. The van der Waals surface area contributed by atoms with Gasteiger partial charge in [-0.05, 0) is 31.1 Å². The highest BCUT2D eigenvalue weighted by molar-refractivity contribution is 5.31. The summed E-state index contributed by atoms with van der Waals surface area (Å²) in [4.78, 5) is 0. The van der Waals surface area contributed by atoms with Crippen LogP contribution in [0.25, 0.3) is 0 Å². The van der Waals surface area contributed by atoms with Crippen molar-refractivity contribution < 1.29 is 5.11 Å². The molecule has 3 N–H and O–H groups in total. The van der Waals surface area contributed by atoms with Crippen LogP contribution in [-0.2, 0) is 0 Å². The monoisotopic (exact) mass is 221 g/mol. The zero-order valence-corrected chi connectivity index (χ0v) is 10.6. The van der Waals surface area contributed by atoms with Crippen molar-refractivity contribution in [2.75, 3.05) is 0 Å². The molecule has 1 unspecified atom stereocenters. The second kappa shape index (κ2) is 8.22. The molecule has 2 heteroatoms. The Morgan fingerprint density at radius 1 is 1.19 bits per heavy atom. The van der Waals surface area contributed by atoms with Gasteiger partial charge < -0.3 is 10.8 Å². The summed E-state index contributed by atoms with van der Waals surface area (Å²) in [5.74, 6) is 11.1. The summed E-state index contributed by atoms with van der Waals surface area (Å²) in [5.41, 5.74) is 5.56. The number of unbranched alkanes of at least 4 members (excludes halogenated alkanes) is 1. The molecular formula is C14H23NO. The van der Waals surface area contributed by atoms with E-state index in [9.17, 15) is 5.11 Å². The molecule has 0 saturated carbocycles. The molecule has 0 bridgehead atoms. The van der Waals surface area contributed by atoms with Crippen LogP contribution in [-0.4, -0.2) is 16.7 Å². The molecule has 0 spiro atoms. The predicted molar refractivity (Wildman–Crippen MR) is 68.6 cm³/mol. The van der Waals surface area contributed by atoms with Crippen molar-refractivity contribution in [2.45, 2.75) is 64.5 Å². The van der Waals surface area contributed by atoms with Gasteiger partial charge >= 0.3 is 0 Å². The molecule has 1 atom stereocenters. The Labute approximate surface area is 99.6 Å². The maximum absolute atomic E-state index is 9.45. The largest absolute Gasteiger partial charge is 0.380 e. The number of hydrogen-bond donors (Lipinski definition) is 2. The highest BCUT2D eigenvalue weighted by Crippen LogP contribution is 2.08. The molecule has 0 radical (unpaired) electrons. The van der Waals surface area contributed by atoms with Crippen LogP contribution in [0.1, 0.15) is 52.9 Å². The Morgan fingerprint density at radius 3 is 2.31 bits per heavy atom. The average Bonchev–Trinajstić information content (AvgIpc) is 2.31. The molecule has 0 aromatic carbocycles. The van der Waals surface area contributed by atoms with Crippen LogP contribution in [0.4, 0.5) is 0 Å². The lowest BCUT2D eigenvalue weighted by Gasteiger charge is -2.18. The summed E-state index contributed by atoms with van der Waals surface area (Å²) < 4.78 is 0. The topological polar surface area (TPSA) is 46.2 Å². The van der Waals surface area contributed by atoms with Crippen LogP contribution in [0.2, 0.25) is 0 Å². The maximum atomic E-state index is 9.45. The van der Waals surface area contributed by atoms with Crippen LogP contribution in [0, 0.1) is 23.7 Å². The lowest BCUT2D eigenvalue weighted by Crippen LogP contribution is -2.36. The molecule has 0 heterocycles. The van der Waals surface area contributed by atoms with Crippen molar-refractivity contribution in [2.24, 2.45) is 5.73 Å². The van der Waals surface area contributed by atoms with Gasteiger partial charge in [0.25, 0.3) is 0 Å². The number of aliphatic hydroxyl groups excluding tert-OH is 1. The first-order valence-electron chi connectivity index (χ1n) is 6.07. The highest BCUT2D eigenvalue weighted by Gasteiger charge is 2.15. The Kier molecular flexibility index (Phi) is 7.73. The van der Waals surface area contributed by atoms with Gasteiger partial charge in [-0.25, -0.2) is 0 Å². The van der Waals surface area contributed by atoms with Gasteiger partial charge in [0.1, 0.15) is 6.10 Å². The van der Waals surface area contributed by atoms with Gasteiger partial charge in [0.05, 0.1) is 5.54 Å². The van der Waals surface area contributed by atoms with E-state index in [0.29, 0.717) is 0 Å². The van der Waals surface area contributed by atoms with Crippen molar-refractivity contribution >= 4 is 0 Å².